The number of rotatable bonds is 6. The Morgan fingerprint density at radius 2 is 1.57 bits per heavy atom. The zero-order valence-corrected chi connectivity index (χ0v) is 17.2. The Morgan fingerprint density at radius 1 is 0.933 bits per heavy atom. The smallest absolute Gasteiger partial charge is 0.274 e. The molecule has 4 heteroatoms. The largest absolute Gasteiger partial charge is 0.320 e. The average molecular weight is 396 g/mol. The van der Waals surface area contributed by atoms with Gasteiger partial charge in [-0.3, -0.25) is 4.79 Å². The van der Waals surface area contributed by atoms with E-state index >= 15 is 0 Å². The lowest BCUT2D eigenvalue weighted by molar-refractivity contribution is 0.101. The van der Waals surface area contributed by atoms with Gasteiger partial charge in [0.25, 0.3) is 5.91 Å². The Balaban J connectivity index is 1.75. The lowest BCUT2D eigenvalue weighted by atomic mass is 9.97. The topological polar surface area (TPSA) is 46.9 Å². The van der Waals surface area contributed by atoms with Crippen LogP contribution in [0.5, 0.6) is 0 Å². The van der Waals surface area contributed by atoms with Crippen LogP contribution in [0.25, 0.3) is 16.9 Å². The van der Waals surface area contributed by atoms with Gasteiger partial charge in [0.2, 0.25) is 0 Å². The Bertz CT molecular complexity index is 1130. The Morgan fingerprint density at radius 3 is 2.27 bits per heavy atom. The van der Waals surface area contributed by atoms with Crippen LogP contribution in [0.2, 0.25) is 0 Å². The van der Waals surface area contributed by atoms with Crippen molar-refractivity contribution in [2.24, 2.45) is 0 Å². The quantitative estimate of drug-likeness (QED) is 0.416. The molecule has 3 aromatic carbocycles. The molecule has 4 rings (SSSR count). The number of nitrogens with one attached hydrogen (secondary N) is 1. The van der Waals surface area contributed by atoms with E-state index in [1.54, 1.807) is 4.68 Å². The zero-order chi connectivity index (χ0) is 20.9. The molecule has 0 aliphatic carbocycles. The maximum Gasteiger partial charge on any atom is 0.274 e. The van der Waals surface area contributed by atoms with Gasteiger partial charge >= 0.3 is 0 Å². The van der Waals surface area contributed by atoms with Crippen LogP contribution in [-0.4, -0.2) is 15.7 Å². The number of nitrogens with zero attached hydrogens (tertiary/aromatic N) is 2. The second-order valence-electron chi connectivity index (χ2n) is 7.38. The first-order valence-electron chi connectivity index (χ1n) is 10.3. The predicted octanol–water partition coefficient (Wildman–Crippen LogP) is 6.31. The van der Waals surface area contributed by atoms with Gasteiger partial charge in [-0.15, -0.1) is 0 Å². The molecule has 0 aliphatic rings. The van der Waals surface area contributed by atoms with Crippen molar-refractivity contribution in [3.05, 3.63) is 102 Å². The van der Waals surface area contributed by atoms with Crippen molar-refractivity contribution < 1.29 is 4.79 Å². The molecule has 0 fully saturated rings. The molecule has 0 aliphatic heterocycles. The van der Waals surface area contributed by atoms with E-state index in [1.807, 2.05) is 84.9 Å². The Hall–Kier alpha value is -3.66. The van der Waals surface area contributed by atoms with Gasteiger partial charge in [0.15, 0.2) is 0 Å². The van der Waals surface area contributed by atoms with Gasteiger partial charge < -0.3 is 5.32 Å². The van der Waals surface area contributed by atoms with Gasteiger partial charge in [0.05, 0.1) is 11.4 Å². The van der Waals surface area contributed by atoms with E-state index in [0.717, 1.165) is 34.6 Å². The van der Waals surface area contributed by atoms with Gasteiger partial charge in [-0.25, -0.2) is 4.68 Å². The third kappa shape index (κ3) is 4.03. The van der Waals surface area contributed by atoms with Gasteiger partial charge in [0, 0.05) is 11.3 Å². The van der Waals surface area contributed by atoms with Crippen LogP contribution < -0.4 is 5.32 Å². The summed E-state index contributed by atoms with van der Waals surface area (Å²) < 4.78 is 1.71. The SMILES string of the molecule is CC[C@@H](C)c1ccccc1NC(=O)c1cc(-c2ccccc2)nn1-c1ccccc1. The van der Waals surface area contributed by atoms with E-state index in [-0.39, 0.29) is 5.91 Å². The second-order valence-corrected chi connectivity index (χ2v) is 7.38. The highest BCUT2D eigenvalue weighted by molar-refractivity contribution is 6.04. The van der Waals surface area contributed by atoms with Crippen molar-refractivity contribution in [2.75, 3.05) is 5.32 Å². The highest BCUT2D eigenvalue weighted by atomic mass is 16.2. The maximum absolute atomic E-state index is 13.3. The number of hydrogen-bond acceptors (Lipinski definition) is 2. The number of amides is 1. The Labute approximate surface area is 177 Å². The molecule has 1 atom stereocenters. The minimum absolute atomic E-state index is 0.177. The van der Waals surface area contributed by atoms with Crippen molar-refractivity contribution >= 4 is 11.6 Å². The van der Waals surface area contributed by atoms with Crippen LogP contribution in [0.15, 0.2) is 91.0 Å². The molecule has 4 nitrogen and oxygen atoms in total. The molecule has 0 saturated heterocycles. The fourth-order valence-electron chi connectivity index (χ4n) is 3.51. The number of carbonyl (C=O) groups is 1. The number of para-hydroxylation sites is 2. The van der Waals surface area contributed by atoms with Gasteiger partial charge in [-0.2, -0.15) is 5.10 Å². The Kier molecular flexibility index (Phi) is 5.75. The van der Waals surface area contributed by atoms with E-state index in [9.17, 15) is 4.79 Å². The molecule has 0 bridgehead atoms. The van der Waals surface area contributed by atoms with E-state index in [2.05, 4.69) is 25.2 Å². The van der Waals surface area contributed by atoms with Crippen LogP contribution in [0.4, 0.5) is 5.69 Å². The molecule has 4 aromatic rings. The van der Waals surface area contributed by atoms with Crippen LogP contribution >= 0.6 is 0 Å². The van der Waals surface area contributed by atoms with E-state index in [0.29, 0.717) is 11.6 Å². The summed E-state index contributed by atoms with van der Waals surface area (Å²) in [5.74, 6) is 0.185. The highest BCUT2D eigenvalue weighted by Gasteiger charge is 2.19. The first-order valence-corrected chi connectivity index (χ1v) is 10.3. The second kappa shape index (κ2) is 8.78. The monoisotopic (exact) mass is 395 g/mol. The van der Waals surface area contributed by atoms with Crippen molar-refractivity contribution in [1.82, 2.24) is 9.78 Å². The zero-order valence-electron chi connectivity index (χ0n) is 17.2. The molecule has 1 amide bonds. The molecular formula is C26H25N3O. The number of carbonyl (C=O) groups excluding carboxylic acids is 1. The van der Waals surface area contributed by atoms with Crippen molar-refractivity contribution in [1.29, 1.82) is 0 Å². The van der Waals surface area contributed by atoms with E-state index < -0.39 is 0 Å². The molecule has 0 unspecified atom stereocenters. The van der Waals surface area contributed by atoms with Gasteiger partial charge in [-0.1, -0.05) is 80.6 Å². The molecule has 0 saturated carbocycles. The van der Waals surface area contributed by atoms with Crippen LogP contribution in [0.1, 0.15) is 42.2 Å². The minimum Gasteiger partial charge on any atom is -0.320 e. The number of hydrogen-bond donors (Lipinski definition) is 1. The summed E-state index contributed by atoms with van der Waals surface area (Å²) in [5, 5.41) is 7.86. The summed E-state index contributed by atoms with van der Waals surface area (Å²) in [5.41, 5.74) is 5.07. The molecule has 30 heavy (non-hydrogen) atoms. The molecular weight excluding hydrogens is 370 g/mol. The summed E-state index contributed by atoms with van der Waals surface area (Å²) in [6.45, 7) is 4.33. The predicted molar refractivity (Wildman–Crippen MR) is 122 cm³/mol. The first-order chi connectivity index (χ1) is 14.7. The van der Waals surface area contributed by atoms with Crippen molar-refractivity contribution in [2.45, 2.75) is 26.2 Å². The standard InChI is InChI=1S/C26H25N3O/c1-3-19(2)22-16-10-11-17-23(22)27-26(30)25-18-24(20-12-6-4-7-13-20)28-29(25)21-14-8-5-9-15-21/h4-19H,3H2,1-2H3,(H,27,30)/t19-/m1/s1. The van der Waals surface area contributed by atoms with Crippen LogP contribution in [0, 0.1) is 0 Å². The van der Waals surface area contributed by atoms with Gasteiger partial charge in [-0.05, 0) is 42.2 Å². The molecule has 150 valence electrons. The molecule has 1 heterocycles. The summed E-state index contributed by atoms with van der Waals surface area (Å²) in [6, 6.07) is 29.5. The third-order valence-electron chi connectivity index (χ3n) is 5.36. The third-order valence-corrected chi connectivity index (χ3v) is 5.36. The minimum atomic E-state index is -0.177. The summed E-state index contributed by atoms with van der Waals surface area (Å²) in [6.07, 6.45) is 1.01. The fourth-order valence-corrected chi connectivity index (χ4v) is 3.51. The molecule has 0 spiro atoms. The summed E-state index contributed by atoms with van der Waals surface area (Å²) in [7, 11) is 0. The molecule has 0 radical (unpaired) electrons. The van der Waals surface area contributed by atoms with Crippen molar-refractivity contribution in [3.63, 3.8) is 0 Å². The van der Waals surface area contributed by atoms with Gasteiger partial charge in [0.1, 0.15) is 5.69 Å². The highest BCUT2D eigenvalue weighted by Crippen LogP contribution is 2.28. The normalized spacial score (nSPS) is 11.8. The maximum atomic E-state index is 13.3. The summed E-state index contributed by atoms with van der Waals surface area (Å²) in [4.78, 5) is 13.3. The van der Waals surface area contributed by atoms with E-state index in [1.165, 1.54) is 0 Å². The number of benzene rings is 3. The number of aromatic nitrogens is 2. The van der Waals surface area contributed by atoms with E-state index in [4.69, 9.17) is 5.10 Å². The number of anilines is 1. The van der Waals surface area contributed by atoms with Crippen LogP contribution in [-0.2, 0) is 0 Å². The average Bonchev–Trinajstić information content (AvgIpc) is 3.26. The molecule has 1 N–H and O–H groups in total. The first kappa shape index (κ1) is 19.6. The van der Waals surface area contributed by atoms with Crippen molar-refractivity contribution in [3.8, 4) is 16.9 Å². The summed E-state index contributed by atoms with van der Waals surface area (Å²) >= 11 is 0. The van der Waals surface area contributed by atoms with Crippen LogP contribution in [0.3, 0.4) is 0 Å². The lowest BCUT2D eigenvalue weighted by Gasteiger charge is -2.16. The molecule has 1 aromatic heterocycles. The lowest BCUT2D eigenvalue weighted by Crippen LogP contribution is -2.18. The fraction of sp³-hybridized carbons (Fsp3) is 0.154.